The third-order valence-electron chi connectivity index (χ3n) is 2.37. The molecule has 19 heavy (non-hydrogen) atoms. The Morgan fingerprint density at radius 2 is 1.95 bits per heavy atom. The summed E-state index contributed by atoms with van der Waals surface area (Å²) in [6.45, 7) is 6.08. The first kappa shape index (κ1) is 16.2. The SMILES string of the molecule is CC(C)OCCNCC(O)COc1ccc(Cl)cc1. The van der Waals surface area contributed by atoms with Crippen molar-refractivity contribution < 1.29 is 14.6 Å². The summed E-state index contributed by atoms with van der Waals surface area (Å²) in [4.78, 5) is 0. The van der Waals surface area contributed by atoms with Crippen molar-refractivity contribution in [1.82, 2.24) is 5.32 Å². The molecular formula is C14H22ClNO3. The Bertz CT molecular complexity index is 343. The topological polar surface area (TPSA) is 50.7 Å². The molecule has 1 atom stereocenters. The molecular weight excluding hydrogens is 266 g/mol. The van der Waals surface area contributed by atoms with Gasteiger partial charge in [0.15, 0.2) is 0 Å². The molecule has 0 spiro atoms. The summed E-state index contributed by atoms with van der Waals surface area (Å²) in [6, 6.07) is 7.06. The Morgan fingerprint density at radius 1 is 1.26 bits per heavy atom. The predicted molar refractivity (Wildman–Crippen MR) is 76.9 cm³/mol. The number of halogens is 1. The number of benzene rings is 1. The van der Waals surface area contributed by atoms with Gasteiger partial charge in [0.05, 0.1) is 12.7 Å². The van der Waals surface area contributed by atoms with E-state index in [-0.39, 0.29) is 12.7 Å². The van der Waals surface area contributed by atoms with Gasteiger partial charge in [-0.15, -0.1) is 0 Å². The first-order chi connectivity index (χ1) is 9.08. The van der Waals surface area contributed by atoms with Crippen LogP contribution in [0, 0.1) is 0 Å². The summed E-state index contributed by atoms with van der Waals surface area (Å²) in [5.41, 5.74) is 0. The average molecular weight is 288 g/mol. The van der Waals surface area contributed by atoms with Crippen molar-refractivity contribution >= 4 is 11.6 Å². The normalized spacial score (nSPS) is 12.7. The second-order valence-corrected chi connectivity index (χ2v) is 4.98. The van der Waals surface area contributed by atoms with Crippen molar-refractivity contribution in [2.75, 3.05) is 26.3 Å². The largest absolute Gasteiger partial charge is 0.491 e. The molecule has 0 radical (unpaired) electrons. The molecule has 1 aromatic rings. The highest BCUT2D eigenvalue weighted by atomic mass is 35.5. The fourth-order valence-corrected chi connectivity index (χ4v) is 1.54. The molecule has 0 saturated heterocycles. The van der Waals surface area contributed by atoms with Gasteiger partial charge in [0.2, 0.25) is 0 Å². The maximum Gasteiger partial charge on any atom is 0.119 e. The van der Waals surface area contributed by atoms with E-state index in [1.807, 2.05) is 13.8 Å². The van der Waals surface area contributed by atoms with Crippen molar-refractivity contribution in [1.29, 1.82) is 0 Å². The third kappa shape index (κ3) is 8.06. The van der Waals surface area contributed by atoms with Crippen molar-refractivity contribution in [2.45, 2.75) is 26.1 Å². The van der Waals surface area contributed by atoms with Crippen molar-refractivity contribution in [3.8, 4) is 5.75 Å². The first-order valence-corrected chi connectivity index (χ1v) is 6.84. The van der Waals surface area contributed by atoms with Crippen LogP contribution in [0.2, 0.25) is 5.02 Å². The molecule has 2 N–H and O–H groups in total. The summed E-state index contributed by atoms with van der Waals surface area (Å²) < 4.78 is 10.8. The van der Waals surface area contributed by atoms with Crippen molar-refractivity contribution in [3.05, 3.63) is 29.3 Å². The quantitative estimate of drug-likeness (QED) is 0.683. The van der Waals surface area contributed by atoms with E-state index < -0.39 is 6.10 Å². The van der Waals surface area contributed by atoms with Crippen molar-refractivity contribution in [2.24, 2.45) is 0 Å². The first-order valence-electron chi connectivity index (χ1n) is 6.46. The zero-order chi connectivity index (χ0) is 14.1. The lowest BCUT2D eigenvalue weighted by atomic mass is 10.3. The van der Waals surface area contributed by atoms with Crippen LogP contribution < -0.4 is 10.1 Å². The number of rotatable bonds is 9. The molecule has 108 valence electrons. The van der Waals surface area contributed by atoms with Gasteiger partial charge in [-0.2, -0.15) is 0 Å². The lowest BCUT2D eigenvalue weighted by Crippen LogP contribution is -2.33. The fourth-order valence-electron chi connectivity index (χ4n) is 1.42. The molecule has 0 amide bonds. The van der Waals surface area contributed by atoms with Gasteiger partial charge in [0, 0.05) is 18.1 Å². The lowest BCUT2D eigenvalue weighted by molar-refractivity contribution is 0.0735. The standard InChI is InChI=1S/C14H22ClNO3/c1-11(2)18-8-7-16-9-13(17)10-19-14-5-3-12(15)4-6-14/h3-6,11,13,16-17H,7-10H2,1-2H3. The van der Waals surface area contributed by atoms with E-state index in [1.54, 1.807) is 24.3 Å². The minimum atomic E-state index is -0.547. The van der Waals surface area contributed by atoms with Gasteiger partial charge in [0.25, 0.3) is 0 Å². The number of aliphatic hydroxyl groups is 1. The van der Waals surface area contributed by atoms with Crippen LogP contribution in [0.3, 0.4) is 0 Å². The molecule has 1 unspecified atom stereocenters. The van der Waals surface area contributed by atoms with Crippen LogP contribution in [0.5, 0.6) is 5.75 Å². The number of hydrogen-bond acceptors (Lipinski definition) is 4. The Kier molecular flexibility index (Phi) is 7.82. The zero-order valence-corrected chi connectivity index (χ0v) is 12.2. The lowest BCUT2D eigenvalue weighted by Gasteiger charge is -2.14. The Labute approximate surface area is 119 Å². The van der Waals surface area contributed by atoms with Crippen molar-refractivity contribution in [3.63, 3.8) is 0 Å². The summed E-state index contributed by atoms with van der Waals surface area (Å²) >= 11 is 5.77. The predicted octanol–water partition coefficient (Wildman–Crippen LogP) is 2.09. The molecule has 0 aliphatic rings. The molecule has 0 bridgehead atoms. The number of ether oxygens (including phenoxy) is 2. The zero-order valence-electron chi connectivity index (χ0n) is 11.4. The van der Waals surface area contributed by atoms with E-state index in [0.717, 1.165) is 6.54 Å². The second kappa shape index (κ2) is 9.15. The molecule has 1 aromatic carbocycles. The van der Waals surface area contributed by atoms with Crippen LogP contribution in [-0.2, 0) is 4.74 Å². The van der Waals surface area contributed by atoms with E-state index in [1.165, 1.54) is 0 Å². The Hall–Kier alpha value is -0.810. The monoisotopic (exact) mass is 287 g/mol. The number of aliphatic hydroxyl groups excluding tert-OH is 1. The fraction of sp³-hybridized carbons (Fsp3) is 0.571. The van der Waals surface area contributed by atoms with E-state index >= 15 is 0 Å². The summed E-state index contributed by atoms with van der Waals surface area (Å²) in [5, 5.41) is 13.5. The third-order valence-corrected chi connectivity index (χ3v) is 2.62. The summed E-state index contributed by atoms with van der Waals surface area (Å²) in [5.74, 6) is 0.701. The maximum atomic E-state index is 9.72. The van der Waals surface area contributed by atoms with Gasteiger partial charge in [0.1, 0.15) is 18.5 Å². The molecule has 4 nitrogen and oxygen atoms in total. The molecule has 0 aliphatic heterocycles. The molecule has 1 rings (SSSR count). The molecule has 0 aliphatic carbocycles. The van der Waals surface area contributed by atoms with Crippen LogP contribution in [-0.4, -0.2) is 43.6 Å². The van der Waals surface area contributed by atoms with Gasteiger partial charge in [-0.25, -0.2) is 0 Å². The Morgan fingerprint density at radius 3 is 2.58 bits per heavy atom. The van der Waals surface area contributed by atoms with Crippen LogP contribution >= 0.6 is 11.6 Å². The van der Waals surface area contributed by atoms with Crippen LogP contribution in [0.4, 0.5) is 0 Å². The molecule has 5 heteroatoms. The highest BCUT2D eigenvalue weighted by Crippen LogP contribution is 2.15. The van der Waals surface area contributed by atoms with Gasteiger partial charge in [-0.05, 0) is 38.1 Å². The maximum absolute atomic E-state index is 9.72. The highest BCUT2D eigenvalue weighted by Gasteiger charge is 2.04. The second-order valence-electron chi connectivity index (χ2n) is 4.54. The van der Waals surface area contributed by atoms with E-state index in [4.69, 9.17) is 21.1 Å². The number of hydrogen-bond donors (Lipinski definition) is 2. The highest BCUT2D eigenvalue weighted by molar-refractivity contribution is 6.30. The van der Waals surface area contributed by atoms with Crippen LogP contribution in [0.25, 0.3) is 0 Å². The average Bonchev–Trinajstić information content (AvgIpc) is 2.37. The Balaban J connectivity index is 2.07. The van der Waals surface area contributed by atoms with Gasteiger partial charge >= 0.3 is 0 Å². The van der Waals surface area contributed by atoms with Gasteiger partial charge in [-0.3, -0.25) is 0 Å². The van der Waals surface area contributed by atoms with Crippen LogP contribution in [0.1, 0.15) is 13.8 Å². The molecule has 0 saturated carbocycles. The van der Waals surface area contributed by atoms with E-state index in [9.17, 15) is 5.11 Å². The number of nitrogens with one attached hydrogen (secondary N) is 1. The van der Waals surface area contributed by atoms with Crippen LogP contribution in [0.15, 0.2) is 24.3 Å². The minimum Gasteiger partial charge on any atom is -0.491 e. The van der Waals surface area contributed by atoms with E-state index in [0.29, 0.717) is 23.9 Å². The minimum absolute atomic E-state index is 0.236. The summed E-state index contributed by atoms with van der Waals surface area (Å²) in [6.07, 6.45) is -0.310. The molecule has 0 fully saturated rings. The van der Waals surface area contributed by atoms with Gasteiger partial charge < -0.3 is 19.9 Å². The summed E-state index contributed by atoms with van der Waals surface area (Å²) in [7, 11) is 0. The van der Waals surface area contributed by atoms with E-state index in [2.05, 4.69) is 5.32 Å². The molecule has 0 heterocycles. The molecule has 0 aromatic heterocycles. The van der Waals surface area contributed by atoms with Gasteiger partial charge in [-0.1, -0.05) is 11.6 Å². The smallest absolute Gasteiger partial charge is 0.119 e.